The van der Waals surface area contributed by atoms with Crippen molar-refractivity contribution in [3.63, 3.8) is 0 Å². The Morgan fingerprint density at radius 2 is 1.94 bits per heavy atom. The number of hydrogen-bond donors (Lipinski definition) is 1. The molecule has 1 aromatic carbocycles. The molecule has 0 fully saturated rings. The lowest BCUT2D eigenvalue weighted by molar-refractivity contribution is 0.380. The van der Waals surface area contributed by atoms with Gasteiger partial charge < -0.3 is 10.3 Å². The maximum Gasteiger partial charge on any atom is 0.228 e. The normalized spacial score (nSPS) is 11.1. The van der Waals surface area contributed by atoms with E-state index in [9.17, 15) is 0 Å². The summed E-state index contributed by atoms with van der Waals surface area (Å²) in [6.07, 6.45) is 0.622. The van der Waals surface area contributed by atoms with E-state index in [-0.39, 0.29) is 0 Å². The van der Waals surface area contributed by atoms with Crippen LogP contribution in [0.25, 0.3) is 11.4 Å². The predicted octanol–water partition coefficient (Wildman–Crippen LogP) is 2.36. The molecule has 4 heteroatoms. The fourth-order valence-electron chi connectivity index (χ4n) is 1.61. The molecule has 0 aliphatic heterocycles. The smallest absolute Gasteiger partial charge is 0.228 e. The molecule has 0 saturated carbocycles. The molecular weight excluding hydrogens is 214 g/mol. The fraction of sp³-hybridized carbons (Fsp3) is 0.385. The second kappa shape index (κ2) is 5.10. The molecule has 0 bridgehead atoms. The van der Waals surface area contributed by atoms with E-state index in [1.807, 2.05) is 12.1 Å². The lowest BCUT2D eigenvalue weighted by Gasteiger charge is -2.04. The minimum atomic E-state index is 0.522. The van der Waals surface area contributed by atoms with Gasteiger partial charge in [-0.1, -0.05) is 43.3 Å². The van der Waals surface area contributed by atoms with Crippen molar-refractivity contribution in [1.82, 2.24) is 10.1 Å². The summed E-state index contributed by atoms with van der Waals surface area (Å²) in [6, 6.07) is 8.23. The summed E-state index contributed by atoms with van der Waals surface area (Å²) < 4.78 is 5.10. The van der Waals surface area contributed by atoms with Crippen molar-refractivity contribution in [2.24, 2.45) is 5.73 Å². The van der Waals surface area contributed by atoms with Crippen molar-refractivity contribution in [2.75, 3.05) is 6.54 Å². The molecule has 90 valence electrons. The van der Waals surface area contributed by atoms with Gasteiger partial charge in [-0.15, -0.1) is 0 Å². The summed E-state index contributed by atoms with van der Waals surface area (Å²) >= 11 is 0. The second-order valence-electron chi connectivity index (χ2n) is 4.33. The van der Waals surface area contributed by atoms with Crippen LogP contribution in [0, 0.1) is 0 Å². The van der Waals surface area contributed by atoms with E-state index in [0.717, 1.165) is 5.56 Å². The van der Waals surface area contributed by atoms with E-state index in [1.54, 1.807) is 0 Å². The van der Waals surface area contributed by atoms with Gasteiger partial charge in [0.05, 0.1) is 0 Å². The molecule has 0 radical (unpaired) electrons. The number of benzene rings is 1. The lowest BCUT2D eigenvalue weighted by atomic mass is 10.0. The van der Waals surface area contributed by atoms with Gasteiger partial charge in [-0.05, 0) is 11.5 Å². The predicted molar refractivity (Wildman–Crippen MR) is 66.6 cm³/mol. The SMILES string of the molecule is CC(C)c1ccc(-c2noc(CCN)n2)cc1. The standard InChI is InChI=1S/C13H17N3O/c1-9(2)10-3-5-11(6-4-10)13-15-12(7-8-14)17-16-13/h3-6,9H,7-8,14H2,1-2H3. The van der Waals surface area contributed by atoms with Gasteiger partial charge in [-0.25, -0.2) is 0 Å². The number of hydrogen-bond acceptors (Lipinski definition) is 4. The molecule has 1 aromatic heterocycles. The topological polar surface area (TPSA) is 64.9 Å². The molecule has 2 N–H and O–H groups in total. The van der Waals surface area contributed by atoms with E-state index in [4.69, 9.17) is 10.3 Å². The largest absolute Gasteiger partial charge is 0.339 e. The Morgan fingerprint density at radius 3 is 2.53 bits per heavy atom. The van der Waals surface area contributed by atoms with Gasteiger partial charge in [0.15, 0.2) is 0 Å². The lowest BCUT2D eigenvalue weighted by Crippen LogP contribution is -2.02. The van der Waals surface area contributed by atoms with E-state index < -0.39 is 0 Å². The number of nitrogens with zero attached hydrogens (tertiary/aromatic N) is 2. The van der Waals surface area contributed by atoms with Crippen LogP contribution in [0.3, 0.4) is 0 Å². The molecular formula is C13H17N3O. The molecule has 2 rings (SSSR count). The monoisotopic (exact) mass is 231 g/mol. The molecule has 4 nitrogen and oxygen atoms in total. The Labute approximate surface area is 101 Å². The first-order valence-corrected chi connectivity index (χ1v) is 5.83. The quantitative estimate of drug-likeness (QED) is 0.877. The molecule has 0 unspecified atom stereocenters. The maximum atomic E-state index is 5.43. The van der Waals surface area contributed by atoms with Crippen LogP contribution in [0.5, 0.6) is 0 Å². The van der Waals surface area contributed by atoms with Crippen molar-refractivity contribution in [1.29, 1.82) is 0 Å². The van der Waals surface area contributed by atoms with Crippen LogP contribution in [0.2, 0.25) is 0 Å². The highest BCUT2D eigenvalue weighted by Crippen LogP contribution is 2.20. The average molecular weight is 231 g/mol. The summed E-state index contributed by atoms with van der Waals surface area (Å²) in [5, 5.41) is 3.94. The highest BCUT2D eigenvalue weighted by molar-refractivity contribution is 5.54. The maximum absolute atomic E-state index is 5.43. The molecule has 0 atom stereocenters. The van der Waals surface area contributed by atoms with Crippen LogP contribution in [-0.4, -0.2) is 16.7 Å². The zero-order valence-corrected chi connectivity index (χ0v) is 10.2. The third-order valence-corrected chi connectivity index (χ3v) is 2.66. The summed E-state index contributed by atoms with van der Waals surface area (Å²) in [5.74, 6) is 1.75. The van der Waals surface area contributed by atoms with Crippen molar-refractivity contribution in [3.05, 3.63) is 35.7 Å². The molecule has 2 aromatic rings. The van der Waals surface area contributed by atoms with Crippen LogP contribution in [0.4, 0.5) is 0 Å². The first kappa shape index (κ1) is 11.8. The molecule has 0 amide bonds. The van der Waals surface area contributed by atoms with Crippen LogP contribution in [0.15, 0.2) is 28.8 Å². The molecule has 17 heavy (non-hydrogen) atoms. The van der Waals surface area contributed by atoms with Gasteiger partial charge in [0, 0.05) is 18.5 Å². The zero-order chi connectivity index (χ0) is 12.3. The van der Waals surface area contributed by atoms with Gasteiger partial charge in [-0.2, -0.15) is 4.98 Å². The Morgan fingerprint density at radius 1 is 1.24 bits per heavy atom. The number of aromatic nitrogens is 2. The third kappa shape index (κ3) is 2.71. The third-order valence-electron chi connectivity index (χ3n) is 2.66. The summed E-state index contributed by atoms with van der Waals surface area (Å²) in [5.41, 5.74) is 7.71. The Kier molecular flexibility index (Phi) is 3.54. The Balaban J connectivity index is 2.21. The molecule has 0 aliphatic carbocycles. The first-order valence-electron chi connectivity index (χ1n) is 5.83. The van der Waals surface area contributed by atoms with Gasteiger partial charge in [0.25, 0.3) is 0 Å². The molecule has 0 aliphatic rings. The van der Waals surface area contributed by atoms with Crippen molar-refractivity contribution in [2.45, 2.75) is 26.2 Å². The highest BCUT2D eigenvalue weighted by atomic mass is 16.5. The van der Waals surface area contributed by atoms with Crippen molar-refractivity contribution >= 4 is 0 Å². The average Bonchev–Trinajstić information content (AvgIpc) is 2.78. The molecule has 1 heterocycles. The molecule has 0 spiro atoms. The van der Waals surface area contributed by atoms with Crippen LogP contribution in [-0.2, 0) is 6.42 Å². The minimum Gasteiger partial charge on any atom is -0.339 e. The summed E-state index contributed by atoms with van der Waals surface area (Å²) in [6.45, 7) is 4.86. The van der Waals surface area contributed by atoms with E-state index >= 15 is 0 Å². The summed E-state index contributed by atoms with van der Waals surface area (Å²) in [7, 11) is 0. The minimum absolute atomic E-state index is 0.522. The van der Waals surface area contributed by atoms with E-state index in [1.165, 1.54) is 5.56 Å². The fourth-order valence-corrected chi connectivity index (χ4v) is 1.61. The van der Waals surface area contributed by atoms with Gasteiger partial charge >= 0.3 is 0 Å². The Bertz CT molecular complexity index is 474. The van der Waals surface area contributed by atoms with Crippen LogP contribution in [0.1, 0.15) is 31.2 Å². The number of nitrogens with two attached hydrogens (primary N) is 1. The second-order valence-corrected chi connectivity index (χ2v) is 4.33. The first-order chi connectivity index (χ1) is 8.20. The van der Waals surface area contributed by atoms with Crippen molar-refractivity contribution in [3.8, 4) is 11.4 Å². The van der Waals surface area contributed by atoms with Gasteiger partial charge in [-0.3, -0.25) is 0 Å². The van der Waals surface area contributed by atoms with Gasteiger partial charge in [0.2, 0.25) is 11.7 Å². The number of rotatable bonds is 4. The van der Waals surface area contributed by atoms with Gasteiger partial charge in [0.1, 0.15) is 0 Å². The summed E-state index contributed by atoms with van der Waals surface area (Å²) in [4.78, 5) is 4.29. The molecule has 0 saturated heterocycles. The zero-order valence-electron chi connectivity index (χ0n) is 10.2. The Hall–Kier alpha value is -1.68. The van der Waals surface area contributed by atoms with Crippen LogP contribution < -0.4 is 5.73 Å². The highest BCUT2D eigenvalue weighted by Gasteiger charge is 2.08. The van der Waals surface area contributed by atoms with Crippen molar-refractivity contribution < 1.29 is 4.52 Å². The van der Waals surface area contributed by atoms with E-state index in [0.29, 0.717) is 30.6 Å². The van der Waals surface area contributed by atoms with Crippen LogP contribution >= 0.6 is 0 Å². The van der Waals surface area contributed by atoms with E-state index in [2.05, 4.69) is 36.1 Å².